The van der Waals surface area contributed by atoms with Crippen LogP contribution in [-0.4, -0.2) is 16.6 Å². The molecular formula is C10H16ClN3O3. The average Bonchev–Trinajstić information content (AvgIpc) is 2.26. The van der Waals surface area contributed by atoms with E-state index in [1.807, 2.05) is 0 Å². The maximum Gasteiger partial charge on any atom is 0.270 e. The van der Waals surface area contributed by atoms with Crippen LogP contribution in [0.25, 0.3) is 0 Å². The van der Waals surface area contributed by atoms with Crippen LogP contribution in [0.3, 0.4) is 0 Å². The van der Waals surface area contributed by atoms with Crippen LogP contribution in [0.1, 0.15) is 24.4 Å². The van der Waals surface area contributed by atoms with Crippen molar-refractivity contribution in [2.24, 2.45) is 11.5 Å². The molecule has 0 aliphatic rings. The number of benzene rings is 1. The Morgan fingerprint density at radius 2 is 2.12 bits per heavy atom. The van der Waals surface area contributed by atoms with Gasteiger partial charge >= 0.3 is 0 Å². The molecule has 0 aliphatic carbocycles. The Morgan fingerprint density at radius 1 is 1.47 bits per heavy atom. The summed E-state index contributed by atoms with van der Waals surface area (Å²) in [5.74, 6) is -0.0184. The molecule has 0 heterocycles. The van der Waals surface area contributed by atoms with E-state index >= 15 is 0 Å². The van der Waals surface area contributed by atoms with E-state index in [1.165, 1.54) is 18.2 Å². The van der Waals surface area contributed by atoms with Crippen LogP contribution < -0.4 is 11.5 Å². The topological polar surface area (TPSA) is 115 Å². The number of hydrogen-bond donors (Lipinski definition) is 3. The number of phenolic OH excluding ortho intramolecular Hbond substituents is 1. The molecule has 1 aromatic rings. The van der Waals surface area contributed by atoms with Gasteiger partial charge in [0, 0.05) is 23.7 Å². The normalized spacial score (nSPS) is 11.6. The largest absolute Gasteiger partial charge is 0.508 e. The molecule has 0 amide bonds. The Hall–Kier alpha value is -1.37. The molecule has 0 fully saturated rings. The first kappa shape index (κ1) is 15.6. The van der Waals surface area contributed by atoms with E-state index in [4.69, 9.17) is 11.5 Å². The van der Waals surface area contributed by atoms with Crippen molar-refractivity contribution < 1.29 is 10.0 Å². The molecule has 1 rings (SSSR count). The summed E-state index contributed by atoms with van der Waals surface area (Å²) in [7, 11) is 0. The summed E-state index contributed by atoms with van der Waals surface area (Å²) in [6.45, 7) is 0.503. The van der Waals surface area contributed by atoms with Gasteiger partial charge in [-0.05, 0) is 25.5 Å². The lowest BCUT2D eigenvalue weighted by molar-refractivity contribution is -0.385. The maximum atomic E-state index is 10.6. The van der Waals surface area contributed by atoms with E-state index in [1.54, 1.807) is 0 Å². The molecule has 0 aliphatic heterocycles. The number of nitrogens with two attached hydrogens (primary N) is 2. The first-order valence-corrected chi connectivity index (χ1v) is 4.99. The molecule has 96 valence electrons. The summed E-state index contributed by atoms with van der Waals surface area (Å²) in [5, 5.41) is 20.1. The van der Waals surface area contributed by atoms with Gasteiger partial charge in [-0.25, -0.2) is 0 Å². The van der Waals surface area contributed by atoms with E-state index in [-0.39, 0.29) is 23.8 Å². The predicted molar refractivity (Wildman–Crippen MR) is 67.2 cm³/mol. The number of hydrogen-bond acceptors (Lipinski definition) is 5. The van der Waals surface area contributed by atoms with E-state index < -0.39 is 11.0 Å². The van der Waals surface area contributed by atoms with Crippen molar-refractivity contribution >= 4 is 18.1 Å². The lowest BCUT2D eigenvalue weighted by Crippen LogP contribution is -2.13. The second kappa shape index (κ2) is 7.05. The Bertz CT molecular complexity index is 387. The Kier molecular flexibility index (Phi) is 6.48. The van der Waals surface area contributed by atoms with Gasteiger partial charge in [0.15, 0.2) is 0 Å². The van der Waals surface area contributed by atoms with E-state index in [9.17, 15) is 15.2 Å². The highest BCUT2D eigenvalue weighted by Gasteiger charge is 2.15. The Morgan fingerprint density at radius 3 is 2.65 bits per heavy atom. The number of halogens is 1. The summed E-state index contributed by atoms with van der Waals surface area (Å²) in [6, 6.07) is 3.41. The van der Waals surface area contributed by atoms with E-state index in [0.29, 0.717) is 24.9 Å². The number of nitro benzene ring substituents is 1. The number of nitrogens with zero attached hydrogens (tertiary/aromatic N) is 1. The molecule has 0 radical (unpaired) electrons. The van der Waals surface area contributed by atoms with Crippen molar-refractivity contribution in [3.8, 4) is 5.75 Å². The number of rotatable bonds is 5. The zero-order valence-electron chi connectivity index (χ0n) is 9.20. The highest BCUT2D eigenvalue weighted by molar-refractivity contribution is 5.85. The van der Waals surface area contributed by atoms with Crippen molar-refractivity contribution in [1.29, 1.82) is 0 Å². The van der Waals surface area contributed by atoms with Crippen LogP contribution in [-0.2, 0) is 0 Å². The Balaban J connectivity index is 0.00000256. The van der Waals surface area contributed by atoms with Gasteiger partial charge in [-0.3, -0.25) is 10.1 Å². The molecule has 7 heteroatoms. The van der Waals surface area contributed by atoms with Crippen molar-refractivity contribution in [1.82, 2.24) is 0 Å². The van der Waals surface area contributed by atoms with Gasteiger partial charge < -0.3 is 16.6 Å². The van der Waals surface area contributed by atoms with Crippen LogP contribution in [0.5, 0.6) is 5.75 Å². The van der Waals surface area contributed by atoms with Gasteiger partial charge in [0.25, 0.3) is 5.69 Å². The molecule has 1 aromatic carbocycles. The van der Waals surface area contributed by atoms with Crippen LogP contribution in [0, 0.1) is 10.1 Å². The quantitative estimate of drug-likeness (QED) is 0.548. The standard InChI is InChI=1S/C10H15N3O3.ClH/c11-5-1-2-9(12)8-6-7(13(15)16)3-4-10(8)14;/h3-4,6,9,14H,1-2,5,11-12H2;1H/t9-;/m0./s1. The molecular weight excluding hydrogens is 246 g/mol. The smallest absolute Gasteiger partial charge is 0.270 e. The van der Waals surface area contributed by atoms with Crippen molar-refractivity contribution in [2.45, 2.75) is 18.9 Å². The fourth-order valence-electron chi connectivity index (χ4n) is 1.45. The van der Waals surface area contributed by atoms with Crippen LogP contribution in [0.4, 0.5) is 5.69 Å². The molecule has 0 saturated heterocycles. The lowest BCUT2D eigenvalue weighted by Gasteiger charge is -2.12. The minimum absolute atomic E-state index is 0. The van der Waals surface area contributed by atoms with Crippen molar-refractivity contribution in [3.05, 3.63) is 33.9 Å². The highest BCUT2D eigenvalue weighted by Crippen LogP contribution is 2.29. The highest BCUT2D eigenvalue weighted by atomic mass is 35.5. The molecule has 0 bridgehead atoms. The number of nitro groups is 1. The summed E-state index contributed by atoms with van der Waals surface area (Å²) < 4.78 is 0. The van der Waals surface area contributed by atoms with Gasteiger partial charge in [0.2, 0.25) is 0 Å². The van der Waals surface area contributed by atoms with Gasteiger partial charge in [0.1, 0.15) is 5.75 Å². The summed E-state index contributed by atoms with van der Waals surface area (Å²) >= 11 is 0. The van der Waals surface area contributed by atoms with E-state index in [2.05, 4.69) is 0 Å². The third-order valence-corrected chi connectivity index (χ3v) is 2.34. The van der Waals surface area contributed by atoms with Crippen molar-refractivity contribution in [3.63, 3.8) is 0 Å². The molecule has 0 spiro atoms. The number of phenols is 1. The minimum atomic E-state index is -0.515. The first-order chi connectivity index (χ1) is 7.56. The third-order valence-electron chi connectivity index (χ3n) is 2.34. The van der Waals surface area contributed by atoms with E-state index in [0.717, 1.165) is 0 Å². The second-order valence-corrected chi connectivity index (χ2v) is 3.54. The zero-order chi connectivity index (χ0) is 12.1. The number of non-ortho nitro benzene ring substituents is 1. The Labute approximate surface area is 105 Å². The molecule has 0 saturated carbocycles. The fraction of sp³-hybridized carbons (Fsp3) is 0.400. The molecule has 17 heavy (non-hydrogen) atoms. The number of aromatic hydroxyl groups is 1. The van der Waals surface area contributed by atoms with Gasteiger partial charge in [0.05, 0.1) is 4.92 Å². The van der Waals surface area contributed by atoms with Crippen LogP contribution in [0.2, 0.25) is 0 Å². The summed E-state index contributed by atoms with van der Waals surface area (Å²) in [6.07, 6.45) is 1.30. The van der Waals surface area contributed by atoms with Crippen LogP contribution >= 0.6 is 12.4 Å². The summed E-state index contributed by atoms with van der Waals surface area (Å²) in [5.41, 5.74) is 11.5. The maximum absolute atomic E-state index is 10.6. The van der Waals surface area contributed by atoms with Gasteiger partial charge in [-0.2, -0.15) is 0 Å². The molecule has 6 nitrogen and oxygen atoms in total. The molecule has 1 atom stereocenters. The van der Waals surface area contributed by atoms with Crippen molar-refractivity contribution in [2.75, 3.05) is 6.54 Å². The molecule has 0 unspecified atom stereocenters. The SMILES string of the molecule is Cl.NCCC[C@H](N)c1cc([N+](=O)[O-])ccc1O. The zero-order valence-corrected chi connectivity index (χ0v) is 10.0. The average molecular weight is 262 g/mol. The van der Waals surface area contributed by atoms with Gasteiger partial charge in [-0.1, -0.05) is 0 Å². The fourth-order valence-corrected chi connectivity index (χ4v) is 1.45. The molecule has 0 aromatic heterocycles. The third kappa shape index (κ3) is 4.18. The van der Waals surface area contributed by atoms with Crippen LogP contribution in [0.15, 0.2) is 18.2 Å². The lowest BCUT2D eigenvalue weighted by atomic mass is 10.0. The molecule has 5 N–H and O–H groups in total. The predicted octanol–water partition coefficient (Wildman–Crippen LogP) is 1.46. The monoisotopic (exact) mass is 261 g/mol. The minimum Gasteiger partial charge on any atom is -0.508 e. The second-order valence-electron chi connectivity index (χ2n) is 3.54. The first-order valence-electron chi connectivity index (χ1n) is 4.99. The van der Waals surface area contributed by atoms with Gasteiger partial charge in [-0.15, -0.1) is 12.4 Å². The summed E-state index contributed by atoms with van der Waals surface area (Å²) in [4.78, 5) is 10.0.